The molecule has 1 aliphatic rings. The number of hydrogen-bond acceptors (Lipinski definition) is 6. The van der Waals surface area contributed by atoms with Crippen molar-refractivity contribution in [3.8, 4) is 0 Å². The number of carboxylic acid groups (broad SMARTS) is 1. The third-order valence-electron chi connectivity index (χ3n) is 5.23. The van der Waals surface area contributed by atoms with Crippen LogP contribution in [0.15, 0.2) is 30.3 Å². The molecule has 1 aliphatic heterocycles. The van der Waals surface area contributed by atoms with E-state index in [1.807, 2.05) is 0 Å². The summed E-state index contributed by atoms with van der Waals surface area (Å²) in [5.74, 6) is -3.70. The maximum absolute atomic E-state index is 12.7. The largest absolute Gasteiger partial charge is 0.480 e. The average molecular weight is 447 g/mol. The topological polar surface area (TPSA) is 185 Å². The van der Waals surface area contributed by atoms with E-state index in [1.165, 1.54) is 11.8 Å². The predicted octanol–water partition coefficient (Wildman–Crippen LogP) is -1.50. The van der Waals surface area contributed by atoms with E-state index in [9.17, 15) is 29.1 Å². The summed E-state index contributed by atoms with van der Waals surface area (Å²) >= 11 is 0. The number of nitrogens with zero attached hydrogens (tertiary/aromatic N) is 1. The van der Waals surface area contributed by atoms with Gasteiger partial charge in [0.05, 0.1) is 12.5 Å². The van der Waals surface area contributed by atoms with Gasteiger partial charge in [0.15, 0.2) is 0 Å². The monoisotopic (exact) mass is 447 g/mol. The van der Waals surface area contributed by atoms with Gasteiger partial charge in [-0.1, -0.05) is 30.3 Å². The van der Waals surface area contributed by atoms with Crippen molar-refractivity contribution in [3.63, 3.8) is 0 Å². The zero-order valence-corrected chi connectivity index (χ0v) is 17.8. The number of hydrogen-bond donors (Lipinski definition) is 5. The van der Waals surface area contributed by atoms with Crippen LogP contribution in [0, 0.1) is 0 Å². The summed E-state index contributed by atoms with van der Waals surface area (Å²) < 4.78 is 0. The highest BCUT2D eigenvalue weighted by molar-refractivity contribution is 5.95. The minimum absolute atomic E-state index is 0.0885. The Morgan fingerprint density at radius 1 is 1.16 bits per heavy atom. The molecule has 1 saturated heterocycles. The van der Waals surface area contributed by atoms with E-state index in [4.69, 9.17) is 11.5 Å². The number of nitrogens with one attached hydrogen (secondary N) is 2. The summed E-state index contributed by atoms with van der Waals surface area (Å²) in [7, 11) is 0. The fourth-order valence-electron chi connectivity index (χ4n) is 3.54. The minimum Gasteiger partial charge on any atom is -0.480 e. The van der Waals surface area contributed by atoms with Gasteiger partial charge in [-0.2, -0.15) is 0 Å². The summed E-state index contributed by atoms with van der Waals surface area (Å²) in [5.41, 5.74) is 11.5. The first-order valence-corrected chi connectivity index (χ1v) is 10.3. The molecule has 7 N–H and O–H groups in total. The molecule has 32 heavy (non-hydrogen) atoms. The Morgan fingerprint density at radius 2 is 1.81 bits per heavy atom. The number of rotatable bonds is 10. The molecule has 11 nitrogen and oxygen atoms in total. The van der Waals surface area contributed by atoms with Crippen LogP contribution in [-0.4, -0.2) is 70.3 Å². The van der Waals surface area contributed by atoms with E-state index in [2.05, 4.69) is 10.6 Å². The van der Waals surface area contributed by atoms with Crippen LogP contribution < -0.4 is 22.1 Å². The molecule has 4 amide bonds. The molecule has 1 heterocycles. The lowest BCUT2D eigenvalue weighted by atomic mass is 10.1. The molecule has 1 aromatic carbocycles. The predicted molar refractivity (Wildman–Crippen MR) is 114 cm³/mol. The molecule has 174 valence electrons. The van der Waals surface area contributed by atoms with Crippen LogP contribution in [0.3, 0.4) is 0 Å². The molecule has 11 heteroatoms. The third-order valence-corrected chi connectivity index (χ3v) is 5.23. The van der Waals surface area contributed by atoms with Crippen LogP contribution in [0.2, 0.25) is 0 Å². The lowest BCUT2D eigenvalue weighted by Crippen LogP contribution is -2.56. The Balaban J connectivity index is 1.96. The third kappa shape index (κ3) is 6.77. The van der Waals surface area contributed by atoms with Gasteiger partial charge in [0.25, 0.3) is 0 Å². The van der Waals surface area contributed by atoms with Gasteiger partial charge in [-0.25, -0.2) is 4.79 Å². The zero-order chi connectivity index (χ0) is 23.8. The fourth-order valence-corrected chi connectivity index (χ4v) is 3.54. The second-order valence-electron chi connectivity index (χ2n) is 7.79. The fraction of sp³-hybridized carbons (Fsp3) is 0.476. The molecule has 4 atom stereocenters. The highest BCUT2D eigenvalue weighted by atomic mass is 16.4. The highest BCUT2D eigenvalue weighted by Crippen LogP contribution is 2.19. The molecule has 0 spiro atoms. The summed E-state index contributed by atoms with van der Waals surface area (Å²) in [5, 5.41) is 14.4. The number of amides is 4. The van der Waals surface area contributed by atoms with E-state index in [1.54, 1.807) is 30.3 Å². The van der Waals surface area contributed by atoms with Crippen LogP contribution in [0.5, 0.6) is 0 Å². The van der Waals surface area contributed by atoms with Crippen molar-refractivity contribution in [1.82, 2.24) is 15.5 Å². The Labute approximate surface area is 185 Å². The van der Waals surface area contributed by atoms with Crippen molar-refractivity contribution in [3.05, 3.63) is 35.9 Å². The van der Waals surface area contributed by atoms with Gasteiger partial charge in [0.1, 0.15) is 18.1 Å². The molecule has 0 bridgehead atoms. The Hall–Kier alpha value is -3.47. The van der Waals surface area contributed by atoms with Crippen LogP contribution in [-0.2, 0) is 30.4 Å². The van der Waals surface area contributed by atoms with Crippen molar-refractivity contribution >= 4 is 29.6 Å². The first kappa shape index (κ1) is 24.8. The van der Waals surface area contributed by atoms with E-state index in [0.717, 1.165) is 5.56 Å². The number of carbonyl (C=O) groups excluding carboxylic acids is 4. The smallest absolute Gasteiger partial charge is 0.326 e. The van der Waals surface area contributed by atoms with Gasteiger partial charge < -0.3 is 32.1 Å². The zero-order valence-electron chi connectivity index (χ0n) is 17.8. The van der Waals surface area contributed by atoms with E-state index in [-0.39, 0.29) is 12.8 Å². The first-order valence-electron chi connectivity index (χ1n) is 10.3. The quantitative estimate of drug-likeness (QED) is 0.289. The van der Waals surface area contributed by atoms with Crippen LogP contribution in [0.4, 0.5) is 0 Å². The van der Waals surface area contributed by atoms with Gasteiger partial charge in [-0.3, -0.25) is 19.2 Å². The van der Waals surface area contributed by atoms with E-state index < -0.39 is 53.8 Å². The van der Waals surface area contributed by atoms with Gasteiger partial charge in [-0.05, 0) is 25.3 Å². The number of likely N-dealkylation sites (tertiary alicyclic amines) is 1. The number of carboxylic acids is 1. The summed E-state index contributed by atoms with van der Waals surface area (Å²) in [6.45, 7) is 1.72. The molecule has 4 unspecified atom stereocenters. The number of aliphatic carboxylic acids is 1. The molecular formula is C21H29N5O6. The van der Waals surface area contributed by atoms with Crippen molar-refractivity contribution < 1.29 is 29.1 Å². The number of nitrogens with two attached hydrogens (primary N) is 2. The normalized spacial score (nSPS) is 18.3. The lowest BCUT2D eigenvalue weighted by Gasteiger charge is -2.27. The first-order chi connectivity index (χ1) is 15.1. The number of primary amides is 1. The SMILES string of the molecule is CC(NC(=O)C1CCCN1C(=O)C(N)CC(N)=O)C(=O)NC(Cc1ccccc1)C(=O)O. The van der Waals surface area contributed by atoms with Gasteiger partial charge in [0.2, 0.25) is 23.6 Å². The van der Waals surface area contributed by atoms with Crippen molar-refractivity contribution in [2.24, 2.45) is 11.5 Å². The molecular weight excluding hydrogens is 418 g/mol. The molecule has 0 radical (unpaired) electrons. The van der Waals surface area contributed by atoms with Crippen LogP contribution in [0.25, 0.3) is 0 Å². The van der Waals surface area contributed by atoms with Crippen molar-refractivity contribution in [2.75, 3.05) is 6.54 Å². The summed E-state index contributed by atoms with van der Waals surface area (Å²) in [4.78, 5) is 61.5. The van der Waals surface area contributed by atoms with Crippen molar-refractivity contribution in [1.29, 1.82) is 0 Å². The van der Waals surface area contributed by atoms with E-state index >= 15 is 0 Å². The van der Waals surface area contributed by atoms with Gasteiger partial charge in [-0.15, -0.1) is 0 Å². The second kappa shape index (κ2) is 11.2. The van der Waals surface area contributed by atoms with E-state index in [0.29, 0.717) is 19.4 Å². The van der Waals surface area contributed by atoms with Crippen LogP contribution in [0.1, 0.15) is 31.7 Å². The Kier molecular flexibility index (Phi) is 8.71. The summed E-state index contributed by atoms with van der Waals surface area (Å²) in [6.07, 6.45) is 0.693. The van der Waals surface area contributed by atoms with Gasteiger partial charge >= 0.3 is 5.97 Å². The Morgan fingerprint density at radius 3 is 2.41 bits per heavy atom. The number of benzene rings is 1. The lowest BCUT2D eigenvalue weighted by molar-refractivity contribution is -0.143. The summed E-state index contributed by atoms with van der Waals surface area (Å²) in [6, 6.07) is 4.66. The maximum atomic E-state index is 12.7. The number of carbonyl (C=O) groups is 5. The van der Waals surface area contributed by atoms with Gasteiger partial charge in [0, 0.05) is 13.0 Å². The highest BCUT2D eigenvalue weighted by Gasteiger charge is 2.37. The van der Waals surface area contributed by atoms with Crippen molar-refractivity contribution in [2.45, 2.75) is 56.8 Å². The molecule has 1 aromatic rings. The second-order valence-corrected chi connectivity index (χ2v) is 7.79. The standard InChI is InChI=1S/C21H29N5O6/c1-12(18(28)25-15(21(31)32)10-13-6-3-2-4-7-13)24-19(29)16-8-5-9-26(16)20(30)14(22)11-17(23)27/h2-4,6-7,12,14-16H,5,8-11,22H2,1H3,(H2,23,27)(H,24,29)(H,25,28)(H,31,32). The molecule has 1 fully saturated rings. The maximum Gasteiger partial charge on any atom is 0.326 e. The molecule has 0 saturated carbocycles. The average Bonchev–Trinajstić information content (AvgIpc) is 3.22. The molecule has 0 aromatic heterocycles. The molecule has 0 aliphatic carbocycles. The van der Waals surface area contributed by atoms with Crippen LogP contribution >= 0.6 is 0 Å². The minimum atomic E-state index is -1.20. The Bertz CT molecular complexity index is 861. The molecule has 2 rings (SSSR count).